The van der Waals surface area contributed by atoms with Gasteiger partial charge in [0.15, 0.2) is 5.84 Å². The molecule has 2 fully saturated rings. The molecule has 3 aliphatic rings. The smallest absolute Gasteiger partial charge is 0.285 e. The third-order valence-electron chi connectivity index (χ3n) is 6.23. The summed E-state index contributed by atoms with van der Waals surface area (Å²) in [6.07, 6.45) is 9.94. The maximum absolute atomic E-state index is 12.7. The number of fused-ring (bicyclic) bond motifs is 1. The van der Waals surface area contributed by atoms with Crippen molar-refractivity contribution < 1.29 is 13.2 Å². The van der Waals surface area contributed by atoms with E-state index >= 15 is 0 Å². The van der Waals surface area contributed by atoms with Gasteiger partial charge in [0.05, 0.1) is 0 Å². The largest absolute Gasteiger partial charge is 0.355 e. The summed E-state index contributed by atoms with van der Waals surface area (Å²) in [6.45, 7) is 1.32. The number of carbonyl (C=O) groups excluding carboxylic acids is 1. The van der Waals surface area contributed by atoms with E-state index in [0.29, 0.717) is 30.5 Å². The van der Waals surface area contributed by atoms with Crippen LogP contribution in [0.3, 0.4) is 0 Å². The van der Waals surface area contributed by atoms with Crippen LogP contribution in [0, 0.1) is 5.92 Å². The molecular formula is C21H29N3O3S. The number of likely N-dealkylation sites (tertiary alicyclic amines) is 1. The van der Waals surface area contributed by atoms with Crippen molar-refractivity contribution in [2.24, 2.45) is 10.3 Å². The fourth-order valence-corrected chi connectivity index (χ4v) is 5.82. The van der Waals surface area contributed by atoms with Gasteiger partial charge in [0.2, 0.25) is 5.91 Å². The molecule has 2 heterocycles. The average molecular weight is 404 g/mol. The molecule has 0 radical (unpaired) electrons. The van der Waals surface area contributed by atoms with Crippen molar-refractivity contribution in [2.75, 3.05) is 13.1 Å². The number of sulfonamides is 1. The lowest BCUT2D eigenvalue weighted by molar-refractivity contribution is -0.127. The summed E-state index contributed by atoms with van der Waals surface area (Å²) >= 11 is 0. The normalized spacial score (nSPS) is 23.4. The quantitative estimate of drug-likeness (QED) is 0.823. The van der Waals surface area contributed by atoms with Gasteiger partial charge in [-0.15, -0.1) is 4.40 Å². The van der Waals surface area contributed by atoms with Crippen molar-refractivity contribution in [1.29, 1.82) is 0 Å². The van der Waals surface area contributed by atoms with Crippen LogP contribution in [-0.2, 0) is 14.8 Å². The van der Waals surface area contributed by atoms with Crippen molar-refractivity contribution in [3.8, 4) is 0 Å². The predicted molar refractivity (Wildman–Crippen MR) is 109 cm³/mol. The molecule has 0 spiro atoms. The first-order valence-electron chi connectivity index (χ1n) is 10.5. The van der Waals surface area contributed by atoms with E-state index in [-0.39, 0.29) is 16.7 Å². The van der Waals surface area contributed by atoms with Crippen molar-refractivity contribution in [2.45, 2.75) is 68.7 Å². The van der Waals surface area contributed by atoms with Crippen LogP contribution in [0.1, 0.15) is 63.4 Å². The molecule has 6 nitrogen and oxygen atoms in total. The van der Waals surface area contributed by atoms with Gasteiger partial charge < -0.3 is 10.2 Å². The van der Waals surface area contributed by atoms with Gasteiger partial charge >= 0.3 is 0 Å². The van der Waals surface area contributed by atoms with Crippen molar-refractivity contribution in [1.82, 2.24) is 10.2 Å². The molecule has 1 aliphatic carbocycles. The van der Waals surface area contributed by atoms with E-state index in [1.54, 1.807) is 12.1 Å². The van der Waals surface area contributed by atoms with Gasteiger partial charge in [-0.3, -0.25) is 4.79 Å². The average Bonchev–Trinajstić information content (AvgIpc) is 2.95. The number of piperidine rings is 1. The Kier molecular flexibility index (Phi) is 5.71. The van der Waals surface area contributed by atoms with Crippen LogP contribution >= 0.6 is 0 Å². The first-order chi connectivity index (χ1) is 13.5. The van der Waals surface area contributed by atoms with Crippen molar-refractivity contribution in [3.05, 3.63) is 29.8 Å². The molecule has 2 aliphatic heterocycles. The van der Waals surface area contributed by atoms with E-state index in [0.717, 1.165) is 25.7 Å². The molecule has 0 aromatic heterocycles. The number of amidine groups is 1. The zero-order valence-corrected chi connectivity index (χ0v) is 17.1. The Morgan fingerprint density at radius 1 is 0.964 bits per heavy atom. The Labute approximate surface area is 167 Å². The Bertz CT molecular complexity index is 849. The van der Waals surface area contributed by atoms with Crippen LogP contribution in [0.5, 0.6) is 0 Å². The molecule has 0 unspecified atom stereocenters. The molecule has 1 saturated carbocycles. The molecule has 1 saturated heterocycles. The first-order valence-corrected chi connectivity index (χ1v) is 12.0. The van der Waals surface area contributed by atoms with Gasteiger partial charge in [-0.1, -0.05) is 44.2 Å². The minimum absolute atomic E-state index is 0.00976. The van der Waals surface area contributed by atoms with Gasteiger partial charge in [-0.2, -0.15) is 8.42 Å². The lowest BCUT2D eigenvalue weighted by Crippen LogP contribution is -2.45. The molecule has 4 rings (SSSR count). The van der Waals surface area contributed by atoms with E-state index in [4.69, 9.17) is 0 Å². The number of nitrogens with one attached hydrogen (secondary N) is 1. The minimum Gasteiger partial charge on any atom is -0.355 e. The number of nitrogens with zero attached hydrogens (tertiary/aromatic N) is 2. The molecular weight excluding hydrogens is 374 g/mol. The number of benzene rings is 1. The molecule has 28 heavy (non-hydrogen) atoms. The van der Waals surface area contributed by atoms with Gasteiger partial charge in [0.1, 0.15) is 4.90 Å². The molecule has 0 bridgehead atoms. The summed E-state index contributed by atoms with van der Waals surface area (Å²) in [6, 6.07) is 7.30. The lowest BCUT2D eigenvalue weighted by Gasteiger charge is -2.33. The van der Waals surface area contributed by atoms with Gasteiger partial charge in [0, 0.05) is 30.6 Å². The van der Waals surface area contributed by atoms with Gasteiger partial charge in [-0.05, 0) is 37.8 Å². The van der Waals surface area contributed by atoms with Crippen LogP contribution in [0.25, 0.3) is 0 Å². The zero-order valence-electron chi connectivity index (χ0n) is 16.3. The summed E-state index contributed by atoms with van der Waals surface area (Å²) in [5, 5.41) is 3.29. The molecule has 7 heteroatoms. The molecule has 1 aromatic rings. The fourth-order valence-electron chi connectivity index (χ4n) is 4.59. The highest BCUT2D eigenvalue weighted by molar-refractivity contribution is 7.90. The van der Waals surface area contributed by atoms with Gasteiger partial charge in [0.25, 0.3) is 10.0 Å². The number of carbonyl (C=O) groups is 1. The molecule has 0 atom stereocenters. The van der Waals surface area contributed by atoms with E-state index in [2.05, 4.69) is 9.71 Å². The number of amides is 1. The summed E-state index contributed by atoms with van der Waals surface area (Å²) < 4.78 is 28.6. The third kappa shape index (κ3) is 4.09. The second kappa shape index (κ2) is 8.23. The Morgan fingerprint density at radius 2 is 1.61 bits per heavy atom. The van der Waals surface area contributed by atoms with Crippen LogP contribution < -0.4 is 5.32 Å². The van der Waals surface area contributed by atoms with Crippen molar-refractivity contribution >= 4 is 21.8 Å². The minimum atomic E-state index is -3.59. The highest BCUT2D eigenvalue weighted by Crippen LogP contribution is 2.30. The number of hydrogen-bond donors (Lipinski definition) is 1. The monoisotopic (exact) mass is 403 g/mol. The van der Waals surface area contributed by atoms with E-state index in [9.17, 15) is 13.2 Å². The van der Waals surface area contributed by atoms with Crippen LogP contribution in [0.15, 0.2) is 33.6 Å². The highest BCUT2D eigenvalue weighted by Gasteiger charge is 2.34. The lowest BCUT2D eigenvalue weighted by atomic mass is 9.93. The summed E-state index contributed by atoms with van der Waals surface area (Å²) in [5.74, 6) is 0.719. The van der Waals surface area contributed by atoms with Crippen LogP contribution in [0.2, 0.25) is 0 Å². The maximum atomic E-state index is 12.7. The molecule has 1 amide bonds. The van der Waals surface area contributed by atoms with Crippen LogP contribution in [-0.4, -0.2) is 44.2 Å². The standard InChI is InChI=1S/C21H29N3O3S/c25-21(22-17-8-4-2-1-3-5-9-17)16-12-14-24(15-13-16)20-18-10-6-7-11-19(18)28(26,27)23-20/h6-7,10-11,16-17H,1-5,8-9,12-15H2,(H,22,25). The zero-order chi connectivity index (χ0) is 19.6. The second-order valence-electron chi connectivity index (χ2n) is 8.20. The topological polar surface area (TPSA) is 78.8 Å². The maximum Gasteiger partial charge on any atom is 0.285 e. The Hall–Kier alpha value is -1.89. The number of rotatable bonds is 2. The first kappa shape index (κ1) is 19.4. The third-order valence-corrected chi connectivity index (χ3v) is 7.55. The highest BCUT2D eigenvalue weighted by atomic mass is 32.2. The SMILES string of the molecule is O=C(NC1CCCCCCC1)C1CCN(C2=NS(=O)(=O)c3ccccc32)CC1. The number of hydrogen-bond acceptors (Lipinski definition) is 4. The second-order valence-corrected chi connectivity index (χ2v) is 9.77. The molecule has 1 aromatic carbocycles. The Morgan fingerprint density at radius 3 is 2.32 bits per heavy atom. The fraction of sp³-hybridized carbons (Fsp3) is 0.619. The molecule has 1 N–H and O–H groups in total. The van der Waals surface area contributed by atoms with E-state index in [1.807, 2.05) is 17.0 Å². The summed E-state index contributed by atoms with van der Waals surface area (Å²) in [4.78, 5) is 15.0. The molecule has 152 valence electrons. The van der Waals surface area contributed by atoms with E-state index < -0.39 is 10.0 Å². The van der Waals surface area contributed by atoms with E-state index in [1.165, 1.54) is 32.1 Å². The van der Waals surface area contributed by atoms with Crippen molar-refractivity contribution in [3.63, 3.8) is 0 Å². The van der Waals surface area contributed by atoms with Gasteiger partial charge in [-0.25, -0.2) is 0 Å². The summed E-state index contributed by atoms with van der Waals surface area (Å²) in [5.41, 5.74) is 0.680. The summed E-state index contributed by atoms with van der Waals surface area (Å²) in [7, 11) is -3.59. The van der Waals surface area contributed by atoms with Crippen LogP contribution in [0.4, 0.5) is 0 Å². The Balaban J connectivity index is 1.35. The predicted octanol–water partition coefficient (Wildman–Crippen LogP) is 3.08.